The fraction of sp³-hybridized carbons (Fsp3) is 0.467. The SMILES string of the molecule is CC(c1ccccc1)C(O)Cc1ncnn1C(C)C. The Morgan fingerprint density at radius 3 is 2.47 bits per heavy atom. The Labute approximate surface area is 114 Å². The van der Waals surface area contributed by atoms with Gasteiger partial charge in [-0.25, -0.2) is 9.67 Å². The first kappa shape index (κ1) is 13.7. The van der Waals surface area contributed by atoms with Crippen LogP contribution in [0.4, 0.5) is 0 Å². The Balaban J connectivity index is 2.08. The van der Waals surface area contributed by atoms with Crippen LogP contribution in [0, 0.1) is 0 Å². The van der Waals surface area contributed by atoms with Gasteiger partial charge in [0.1, 0.15) is 12.2 Å². The lowest BCUT2D eigenvalue weighted by Gasteiger charge is -2.19. The highest BCUT2D eigenvalue weighted by Gasteiger charge is 2.19. The van der Waals surface area contributed by atoms with Gasteiger partial charge in [0.05, 0.1) is 6.10 Å². The van der Waals surface area contributed by atoms with E-state index in [9.17, 15) is 5.11 Å². The third-order valence-electron chi connectivity index (χ3n) is 3.43. The maximum Gasteiger partial charge on any atom is 0.138 e. The molecule has 0 aliphatic heterocycles. The highest BCUT2D eigenvalue weighted by atomic mass is 16.3. The zero-order valence-electron chi connectivity index (χ0n) is 11.7. The smallest absolute Gasteiger partial charge is 0.138 e. The molecular weight excluding hydrogens is 238 g/mol. The lowest BCUT2D eigenvalue weighted by Crippen LogP contribution is -2.22. The number of hydrogen-bond donors (Lipinski definition) is 1. The number of aliphatic hydroxyl groups excluding tert-OH is 1. The molecule has 0 bridgehead atoms. The van der Waals surface area contributed by atoms with E-state index in [1.54, 1.807) is 6.33 Å². The number of hydrogen-bond acceptors (Lipinski definition) is 3. The minimum absolute atomic E-state index is 0.0820. The van der Waals surface area contributed by atoms with Crippen LogP contribution in [-0.2, 0) is 6.42 Å². The van der Waals surface area contributed by atoms with Crippen LogP contribution in [0.1, 0.15) is 44.1 Å². The van der Waals surface area contributed by atoms with Crippen molar-refractivity contribution in [2.75, 3.05) is 0 Å². The number of nitrogens with zero attached hydrogens (tertiary/aromatic N) is 3. The van der Waals surface area contributed by atoms with E-state index in [1.807, 2.05) is 41.9 Å². The molecule has 2 aromatic rings. The van der Waals surface area contributed by atoms with E-state index in [0.29, 0.717) is 6.42 Å². The highest BCUT2D eigenvalue weighted by molar-refractivity contribution is 5.20. The van der Waals surface area contributed by atoms with E-state index in [1.165, 1.54) is 0 Å². The van der Waals surface area contributed by atoms with Crippen LogP contribution in [0.15, 0.2) is 36.7 Å². The van der Waals surface area contributed by atoms with Crippen molar-refractivity contribution in [3.05, 3.63) is 48.0 Å². The predicted molar refractivity (Wildman–Crippen MR) is 75.0 cm³/mol. The van der Waals surface area contributed by atoms with Crippen LogP contribution in [0.2, 0.25) is 0 Å². The minimum Gasteiger partial charge on any atom is -0.392 e. The number of aromatic nitrogens is 3. The average Bonchev–Trinajstić information content (AvgIpc) is 2.87. The summed E-state index contributed by atoms with van der Waals surface area (Å²) in [5.41, 5.74) is 1.14. The van der Waals surface area contributed by atoms with Gasteiger partial charge in [0, 0.05) is 18.4 Å². The summed E-state index contributed by atoms with van der Waals surface area (Å²) >= 11 is 0. The van der Waals surface area contributed by atoms with Gasteiger partial charge in [0.25, 0.3) is 0 Å². The Kier molecular flexibility index (Phi) is 4.32. The lowest BCUT2D eigenvalue weighted by molar-refractivity contribution is 0.145. The molecule has 0 radical (unpaired) electrons. The van der Waals surface area contributed by atoms with Gasteiger partial charge < -0.3 is 5.11 Å². The van der Waals surface area contributed by atoms with E-state index >= 15 is 0 Å². The normalized spacial score (nSPS) is 14.6. The molecule has 4 nitrogen and oxygen atoms in total. The summed E-state index contributed by atoms with van der Waals surface area (Å²) in [5.74, 6) is 0.920. The van der Waals surface area contributed by atoms with Gasteiger partial charge in [-0.05, 0) is 19.4 Å². The fourth-order valence-electron chi connectivity index (χ4n) is 2.19. The van der Waals surface area contributed by atoms with Gasteiger partial charge in [-0.1, -0.05) is 37.3 Å². The van der Waals surface area contributed by atoms with Gasteiger partial charge in [-0.3, -0.25) is 0 Å². The summed E-state index contributed by atoms with van der Waals surface area (Å²) in [7, 11) is 0. The van der Waals surface area contributed by atoms with Crippen LogP contribution in [0.3, 0.4) is 0 Å². The Morgan fingerprint density at radius 2 is 1.84 bits per heavy atom. The first-order chi connectivity index (χ1) is 9.09. The molecule has 0 saturated heterocycles. The largest absolute Gasteiger partial charge is 0.392 e. The molecule has 0 saturated carbocycles. The second kappa shape index (κ2) is 5.97. The van der Waals surface area contributed by atoms with Gasteiger partial charge in [-0.15, -0.1) is 0 Å². The molecule has 102 valence electrons. The fourth-order valence-corrected chi connectivity index (χ4v) is 2.19. The summed E-state index contributed by atoms with van der Waals surface area (Å²) in [6.45, 7) is 6.16. The average molecular weight is 259 g/mol. The summed E-state index contributed by atoms with van der Waals surface area (Å²) in [6.07, 6.45) is 1.62. The Bertz CT molecular complexity index is 507. The monoisotopic (exact) mass is 259 g/mol. The molecule has 1 N–H and O–H groups in total. The van der Waals surface area contributed by atoms with Crippen LogP contribution in [-0.4, -0.2) is 26.0 Å². The maximum atomic E-state index is 10.4. The molecule has 4 heteroatoms. The van der Waals surface area contributed by atoms with Crippen molar-refractivity contribution in [3.8, 4) is 0 Å². The topological polar surface area (TPSA) is 50.9 Å². The summed E-state index contributed by atoms with van der Waals surface area (Å²) in [4.78, 5) is 4.25. The summed E-state index contributed by atoms with van der Waals surface area (Å²) in [6, 6.07) is 10.3. The van der Waals surface area contributed by atoms with Crippen molar-refractivity contribution < 1.29 is 5.11 Å². The zero-order chi connectivity index (χ0) is 13.8. The molecule has 1 heterocycles. The molecule has 0 fully saturated rings. The van der Waals surface area contributed by atoms with E-state index in [-0.39, 0.29) is 12.0 Å². The van der Waals surface area contributed by atoms with Crippen LogP contribution >= 0.6 is 0 Å². The summed E-state index contributed by atoms with van der Waals surface area (Å²) in [5, 5.41) is 14.6. The lowest BCUT2D eigenvalue weighted by atomic mass is 9.93. The molecule has 1 aromatic heterocycles. The number of rotatable bonds is 5. The van der Waals surface area contributed by atoms with E-state index < -0.39 is 6.10 Å². The third-order valence-corrected chi connectivity index (χ3v) is 3.43. The highest BCUT2D eigenvalue weighted by Crippen LogP contribution is 2.21. The van der Waals surface area contributed by atoms with Gasteiger partial charge in [0.15, 0.2) is 0 Å². The maximum absolute atomic E-state index is 10.4. The van der Waals surface area contributed by atoms with Crippen molar-refractivity contribution in [2.24, 2.45) is 0 Å². The van der Waals surface area contributed by atoms with Gasteiger partial charge >= 0.3 is 0 Å². The molecule has 1 aromatic carbocycles. The van der Waals surface area contributed by atoms with E-state index in [4.69, 9.17) is 0 Å². The molecule has 2 unspecified atom stereocenters. The Morgan fingerprint density at radius 1 is 1.16 bits per heavy atom. The minimum atomic E-state index is -0.455. The molecule has 0 amide bonds. The van der Waals surface area contributed by atoms with E-state index in [2.05, 4.69) is 23.9 Å². The molecule has 2 atom stereocenters. The second-order valence-electron chi connectivity index (χ2n) is 5.19. The van der Waals surface area contributed by atoms with Crippen molar-refractivity contribution in [1.82, 2.24) is 14.8 Å². The second-order valence-corrected chi connectivity index (χ2v) is 5.19. The molecule has 0 aliphatic carbocycles. The summed E-state index contributed by atoms with van der Waals surface area (Å²) < 4.78 is 1.86. The first-order valence-electron chi connectivity index (χ1n) is 6.71. The van der Waals surface area contributed by atoms with Crippen molar-refractivity contribution in [2.45, 2.75) is 45.3 Å². The van der Waals surface area contributed by atoms with Crippen LogP contribution in [0.25, 0.3) is 0 Å². The van der Waals surface area contributed by atoms with Crippen LogP contribution < -0.4 is 0 Å². The Hall–Kier alpha value is -1.68. The standard InChI is InChI=1S/C15H21N3O/c1-11(2)18-15(16-10-17-18)9-14(19)12(3)13-7-5-4-6-8-13/h4-8,10-12,14,19H,9H2,1-3H3. The number of aliphatic hydroxyl groups is 1. The van der Waals surface area contributed by atoms with Crippen molar-refractivity contribution in [3.63, 3.8) is 0 Å². The molecular formula is C15H21N3O. The van der Waals surface area contributed by atoms with Gasteiger partial charge in [-0.2, -0.15) is 5.10 Å². The van der Waals surface area contributed by atoms with E-state index in [0.717, 1.165) is 11.4 Å². The third kappa shape index (κ3) is 3.20. The molecule has 2 rings (SSSR count). The quantitative estimate of drug-likeness (QED) is 0.897. The first-order valence-corrected chi connectivity index (χ1v) is 6.71. The van der Waals surface area contributed by atoms with Crippen molar-refractivity contribution >= 4 is 0 Å². The zero-order valence-corrected chi connectivity index (χ0v) is 11.7. The molecule has 19 heavy (non-hydrogen) atoms. The van der Waals surface area contributed by atoms with Crippen molar-refractivity contribution in [1.29, 1.82) is 0 Å². The molecule has 0 aliphatic rings. The van der Waals surface area contributed by atoms with Crippen LogP contribution in [0.5, 0.6) is 0 Å². The number of benzene rings is 1. The molecule has 0 spiro atoms. The predicted octanol–water partition coefficient (Wildman–Crippen LogP) is 2.57. The van der Waals surface area contributed by atoms with Gasteiger partial charge in [0.2, 0.25) is 0 Å².